The van der Waals surface area contributed by atoms with Gasteiger partial charge >= 0.3 is 0 Å². The number of H-pyrrole nitrogens is 1. The van der Waals surface area contributed by atoms with Crippen LogP contribution in [0.1, 0.15) is 45.8 Å². The molecule has 0 radical (unpaired) electrons. The fourth-order valence-electron chi connectivity index (χ4n) is 4.09. The minimum atomic E-state index is -0.189. The number of hydrogen-bond donors (Lipinski definition) is 1. The molecule has 5 heterocycles. The molecule has 0 aliphatic carbocycles. The van der Waals surface area contributed by atoms with Gasteiger partial charge in [0, 0.05) is 28.4 Å². The Balaban J connectivity index is 1.58. The molecule has 8 nitrogen and oxygen atoms in total. The van der Waals surface area contributed by atoms with Crippen molar-refractivity contribution >= 4 is 49.8 Å². The average Bonchev–Trinajstić information content (AvgIpc) is 3.50. The summed E-state index contributed by atoms with van der Waals surface area (Å²) in [6.07, 6.45) is 1.70. The monoisotopic (exact) mass is 492 g/mol. The van der Waals surface area contributed by atoms with Gasteiger partial charge in [-0.2, -0.15) is 5.10 Å². The third-order valence-electron chi connectivity index (χ3n) is 5.70. The lowest BCUT2D eigenvalue weighted by Gasteiger charge is -2.18. The van der Waals surface area contributed by atoms with Gasteiger partial charge in [-0.15, -0.1) is 22.7 Å². The molecule has 1 N–H and O–H groups in total. The van der Waals surface area contributed by atoms with E-state index in [0.29, 0.717) is 32.6 Å². The Hall–Kier alpha value is -3.37. The van der Waals surface area contributed by atoms with Gasteiger partial charge in [0.25, 0.3) is 11.5 Å². The maximum Gasteiger partial charge on any atom is 0.268 e. The Morgan fingerprint density at radius 2 is 2.03 bits per heavy atom. The van der Waals surface area contributed by atoms with Crippen molar-refractivity contribution in [2.24, 2.45) is 0 Å². The second-order valence-electron chi connectivity index (χ2n) is 8.61. The Labute approximate surface area is 203 Å². The molecule has 34 heavy (non-hydrogen) atoms. The standard InChI is InChI=1S/C24H24N6O2S2/c1-12(2)30-22-17(10-25-30)16(9-19(27-22)15-8-13(3)34-14(15)4)24(32)29(5)11-20-26-18-6-7-33-21(18)23(31)28-20/h6-10,12H,11H2,1-5H3,(H,26,28,31). The van der Waals surface area contributed by atoms with Gasteiger partial charge in [-0.1, -0.05) is 0 Å². The number of carbonyl (C=O) groups is 1. The van der Waals surface area contributed by atoms with Crippen molar-refractivity contribution in [1.82, 2.24) is 29.6 Å². The number of hydrogen-bond acceptors (Lipinski definition) is 7. The molecule has 5 rings (SSSR count). The number of rotatable bonds is 5. The zero-order valence-corrected chi connectivity index (χ0v) is 21.2. The second-order valence-corrected chi connectivity index (χ2v) is 11.0. The van der Waals surface area contributed by atoms with Gasteiger partial charge in [-0.05, 0) is 51.3 Å². The summed E-state index contributed by atoms with van der Waals surface area (Å²) in [4.78, 5) is 42.1. The lowest BCUT2D eigenvalue weighted by molar-refractivity contribution is 0.0783. The Morgan fingerprint density at radius 3 is 2.74 bits per heavy atom. The van der Waals surface area contributed by atoms with Crippen LogP contribution in [0.15, 0.2) is 34.6 Å². The summed E-state index contributed by atoms with van der Waals surface area (Å²) in [7, 11) is 1.71. The fraction of sp³-hybridized carbons (Fsp3) is 0.292. The molecule has 0 unspecified atom stereocenters. The highest BCUT2D eigenvalue weighted by molar-refractivity contribution is 7.17. The van der Waals surface area contributed by atoms with Crippen molar-refractivity contribution in [3.63, 3.8) is 0 Å². The van der Waals surface area contributed by atoms with E-state index in [-0.39, 0.29) is 24.1 Å². The van der Waals surface area contributed by atoms with Gasteiger partial charge in [0.1, 0.15) is 10.5 Å². The molecule has 1 amide bonds. The first-order chi connectivity index (χ1) is 16.2. The van der Waals surface area contributed by atoms with Crippen LogP contribution in [0, 0.1) is 13.8 Å². The smallest absolute Gasteiger partial charge is 0.268 e. The predicted molar refractivity (Wildman–Crippen MR) is 137 cm³/mol. The van der Waals surface area contributed by atoms with Crippen molar-refractivity contribution in [3.8, 4) is 11.3 Å². The molecule has 0 aliphatic heterocycles. The average molecular weight is 493 g/mol. The molecule has 0 aliphatic rings. The van der Waals surface area contributed by atoms with Crippen LogP contribution in [-0.4, -0.2) is 42.6 Å². The Kier molecular flexibility index (Phi) is 5.57. The summed E-state index contributed by atoms with van der Waals surface area (Å²) < 4.78 is 2.43. The van der Waals surface area contributed by atoms with E-state index in [1.54, 1.807) is 29.5 Å². The van der Waals surface area contributed by atoms with E-state index in [1.807, 2.05) is 36.0 Å². The highest BCUT2D eigenvalue weighted by Crippen LogP contribution is 2.33. The molecule has 0 aromatic carbocycles. The molecule has 0 spiro atoms. The van der Waals surface area contributed by atoms with Crippen LogP contribution in [0.25, 0.3) is 32.5 Å². The Morgan fingerprint density at radius 1 is 1.24 bits per heavy atom. The first-order valence-corrected chi connectivity index (χ1v) is 12.6. The van der Waals surface area contributed by atoms with Crippen molar-refractivity contribution in [2.75, 3.05) is 7.05 Å². The summed E-state index contributed by atoms with van der Waals surface area (Å²) in [5.41, 5.74) is 3.42. The molecule has 0 saturated carbocycles. The van der Waals surface area contributed by atoms with Crippen LogP contribution in [0.4, 0.5) is 0 Å². The number of thiophene rings is 2. The van der Waals surface area contributed by atoms with E-state index in [0.717, 1.165) is 16.1 Å². The molecule has 5 aromatic heterocycles. The second kappa shape index (κ2) is 8.44. The van der Waals surface area contributed by atoms with Crippen LogP contribution in [0.5, 0.6) is 0 Å². The van der Waals surface area contributed by atoms with E-state index >= 15 is 0 Å². The van der Waals surface area contributed by atoms with Crippen LogP contribution in [0.3, 0.4) is 0 Å². The van der Waals surface area contributed by atoms with Gasteiger partial charge in [0.05, 0.1) is 34.9 Å². The molecule has 0 atom stereocenters. The van der Waals surface area contributed by atoms with E-state index in [2.05, 4.69) is 35.0 Å². The molecule has 10 heteroatoms. The zero-order chi connectivity index (χ0) is 24.1. The number of nitrogens with zero attached hydrogens (tertiary/aromatic N) is 5. The summed E-state index contributed by atoms with van der Waals surface area (Å²) >= 11 is 3.06. The maximum absolute atomic E-state index is 13.7. The summed E-state index contributed by atoms with van der Waals surface area (Å²) in [5, 5.41) is 7.05. The maximum atomic E-state index is 13.7. The van der Waals surface area contributed by atoms with Gasteiger partial charge < -0.3 is 9.88 Å². The minimum Gasteiger partial charge on any atom is -0.334 e. The highest BCUT2D eigenvalue weighted by atomic mass is 32.1. The number of aromatic nitrogens is 5. The first-order valence-electron chi connectivity index (χ1n) is 10.9. The van der Waals surface area contributed by atoms with Crippen molar-refractivity contribution in [1.29, 1.82) is 0 Å². The molecular formula is C24H24N6O2S2. The third-order valence-corrected chi connectivity index (χ3v) is 7.57. The topological polar surface area (TPSA) is 96.8 Å². The Bertz CT molecular complexity index is 1610. The lowest BCUT2D eigenvalue weighted by Crippen LogP contribution is -2.28. The van der Waals surface area contributed by atoms with Crippen LogP contribution in [-0.2, 0) is 6.54 Å². The first kappa shape index (κ1) is 22.4. The van der Waals surface area contributed by atoms with Gasteiger partial charge in [0.15, 0.2) is 5.65 Å². The van der Waals surface area contributed by atoms with E-state index in [1.165, 1.54) is 16.2 Å². The molecule has 0 fully saturated rings. The number of fused-ring (bicyclic) bond motifs is 2. The number of nitrogens with one attached hydrogen (secondary N) is 1. The highest BCUT2D eigenvalue weighted by Gasteiger charge is 2.22. The zero-order valence-electron chi connectivity index (χ0n) is 19.5. The largest absolute Gasteiger partial charge is 0.334 e. The number of amides is 1. The van der Waals surface area contributed by atoms with Gasteiger partial charge in [-0.25, -0.2) is 14.6 Å². The molecule has 174 valence electrons. The van der Waals surface area contributed by atoms with Gasteiger partial charge in [0.2, 0.25) is 0 Å². The predicted octanol–water partition coefficient (Wildman–Crippen LogP) is 4.93. The van der Waals surface area contributed by atoms with Gasteiger partial charge in [-0.3, -0.25) is 9.59 Å². The minimum absolute atomic E-state index is 0.0952. The summed E-state index contributed by atoms with van der Waals surface area (Å²) in [5.74, 6) is 0.258. The normalized spacial score (nSPS) is 11.7. The van der Waals surface area contributed by atoms with Crippen molar-refractivity contribution in [2.45, 2.75) is 40.3 Å². The lowest BCUT2D eigenvalue weighted by atomic mass is 10.1. The molecule has 0 bridgehead atoms. The summed E-state index contributed by atoms with van der Waals surface area (Å²) in [6, 6.07) is 5.86. The third kappa shape index (κ3) is 3.82. The van der Waals surface area contributed by atoms with Crippen LogP contribution in [0.2, 0.25) is 0 Å². The van der Waals surface area contributed by atoms with E-state index < -0.39 is 0 Å². The van der Waals surface area contributed by atoms with Crippen LogP contribution < -0.4 is 5.56 Å². The SMILES string of the molecule is Cc1cc(-c2cc(C(=O)N(C)Cc3nc4ccsc4c(=O)[nH]3)c3cnn(C(C)C)c3n2)c(C)s1. The molecule has 5 aromatic rings. The number of pyridine rings is 1. The van der Waals surface area contributed by atoms with Crippen molar-refractivity contribution < 1.29 is 4.79 Å². The quantitative estimate of drug-likeness (QED) is 0.375. The number of aryl methyl sites for hydroxylation is 2. The molecular weight excluding hydrogens is 468 g/mol. The number of aromatic amines is 1. The fourth-order valence-corrected chi connectivity index (χ4v) is 5.75. The van der Waals surface area contributed by atoms with Crippen molar-refractivity contribution in [3.05, 3.63) is 61.3 Å². The number of carbonyl (C=O) groups excluding carboxylic acids is 1. The van der Waals surface area contributed by atoms with E-state index in [9.17, 15) is 9.59 Å². The molecule has 0 saturated heterocycles. The van der Waals surface area contributed by atoms with E-state index in [4.69, 9.17) is 4.98 Å². The van der Waals surface area contributed by atoms with Crippen LogP contribution >= 0.6 is 22.7 Å². The summed E-state index contributed by atoms with van der Waals surface area (Å²) in [6.45, 7) is 8.38.